The van der Waals surface area contributed by atoms with Gasteiger partial charge in [0.05, 0.1) is 7.11 Å². The second-order valence-corrected chi connectivity index (χ2v) is 5.93. The number of hydrogen-bond donors (Lipinski definition) is 1. The van der Waals surface area contributed by atoms with Crippen LogP contribution in [0.5, 0.6) is 5.75 Å². The molecule has 3 rings (SSSR count). The fourth-order valence-electron chi connectivity index (χ4n) is 3.00. The lowest BCUT2D eigenvalue weighted by atomic mass is 10.0. The summed E-state index contributed by atoms with van der Waals surface area (Å²) in [6.07, 6.45) is 7.66. The van der Waals surface area contributed by atoms with Gasteiger partial charge >= 0.3 is 0 Å². The molecule has 1 saturated heterocycles. The summed E-state index contributed by atoms with van der Waals surface area (Å²) in [6.45, 7) is 3.49. The predicted octanol–water partition coefficient (Wildman–Crippen LogP) is 2.75. The summed E-state index contributed by atoms with van der Waals surface area (Å²) in [5, 5.41) is 0. The number of hydrogen-bond acceptors (Lipinski definition) is 3. The first-order valence-corrected chi connectivity index (χ1v) is 8.08. The highest BCUT2D eigenvalue weighted by atomic mass is 16.5. The van der Waals surface area contributed by atoms with Gasteiger partial charge < -0.3 is 15.1 Å². The van der Waals surface area contributed by atoms with E-state index in [1.807, 2.05) is 12.1 Å². The molecule has 0 spiro atoms. The number of ether oxygens (including phenoxy) is 1. The maximum absolute atomic E-state index is 5.20. The summed E-state index contributed by atoms with van der Waals surface area (Å²) in [5.74, 6) is 0.931. The molecule has 0 radical (unpaired) electrons. The van der Waals surface area contributed by atoms with E-state index in [1.54, 1.807) is 7.11 Å². The molecule has 1 fully saturated rings. The molecular weight excluding hydrogens is 274 g/mol. The average Bonchev–Trinajstić information content (AvgIpc) is 3.08. The van der Waals surface area contributed by atoms with Gasteiger partial charge in [0.2, 0.25) is 0 Å². The Morgan fingerprint density at radius 3 is 2.41 bits per heavy atom. The smallest absolute Gasteiger partial charge is 0.118 e. The van der Waals surface area contributed by atoms with Crippen LogP contribution in [0.25, 0.3) is 0 Å². The Balaban J connectivity index is 1.40. The van der Waals surface area contributed by atoms with Crippen molar-refractivity contribution >= 4 is 0 Å². The number of nitrogens with zero attached hydrogens (tertiary/aromatic N) is 2. The highest BCUT2D eigenvalue weighted by Gasteiger charge is 2.18. The molecule has 2 heterocycles. The van der Waals surface area contributed by atoms with Crippen LogP contribution in [0.1, 0.15) is 18.4 Å². The molecular formula is C18H25N3O. The molecule has 0 unspecified atom stereocenters. The zero-order chi connectivity index (χ0) is 15.2. The molecule has 1 N–H and O–H groups in total. The van der Waals surface area contributed by atoms with Gasteiger partial charge in [-0.05, 0) is 49.1 Å². The number of likely N-dealkylation sites (tertiary alicyclic amines) is 1. The maximum atomic E-state index is 5.20. The number of methoxy groups -OCH3 is 1. The van der Waals surface area contributed by atoms with Crippen LogP contribution >= 0.6 is 0 Å². The van der Waals surface area contributed by atoms with Crippen molar-refractivity contribution in [1.82, 2.24) is 9.58 Å². The van der Waals surface area contributed by atoms with Crippen LogP contribution in [0.3, 0.4) is 0 Å². The lowest BCUT2D eigenvalue weighted by molar-refractivity contribution is 0.217. The van der Waals surface area contributed by atoms with Crippen LogP contribution in [0.2, 0.25) is 0 Å². The number of nitrogens with one attached hydrogen (secondary N) is 1. The van der Waals surface area contributed by atoms with Gasteiger partial charge in [0.15, 0.2) is 0 Å². The van der Waals surface area contributed by atoms with Crippen LogP contribution in [-0.4, -0.2) is 42.4 Å². The van der Waals surface area contributed by atoms with E-state index in [1.165, 1.54) is 31.5 Å². The predicted molar refractivity (Wildman–Crippen MR) is 90.0 cm³/mol. The highest BCUT2D eigenvalue weighted by Crippen LogP contribution is 2.14. The third-order valence-electron chi connectivity index (χ3n) is 4.40. The summed E-state index contributed by atoms with van der Waals surface area (Å²) >= 11 is 0. The van der Waals surface area contributed by atoms with Gasteiger partial charge in [0, 0.05) is 38.1 Å². The fourth-order valence-corrected chi connectivity index (χ4v) is 3.00. The van der Waals surface area contributed by atoms with E-state index in [0.717, 1.165) is 18.7 Å². The monoisotopic (exact) mass is 299 g/mol. The molecule has 1 aliphatic rings. The van der Waals surface area contributed by atoms with E-state index >= 15 is 0 Å². The molecule has 118 valence electrons. The Kier molecular flexibility index (Phi) is 5.01. The van der Waals surface area contributed by atoms with E-state index in [4.69, 9.17) is 4.74 Å². The number of rotatable bonds is 6. The topological polar surface area (TPSA) is 29.4 Å². The largest absolute Gasteiger partial charge is 0.497 e. The molecule has 0 aliphatic carbocycles. The minimum absolute atomic E-state index is 0.588. The van der Waals surface area contributed by atoms with Crippen molar-refractivity contribution in [2.75, 3.05) is 32.2 Å². The summed E-state index contributed by atoms with van der Waals surface area (Å²) in [5.41, 5.74) is 4.93. The van der Waals surface area contributed by atoms with Crippen LogP contribution in [0.4, 0.5) is 0 Å². The summed E-state index contributed by atoms with van der Waals surface area (Å²) in [4.78, 5) is 2.57. The lowest BCUT2D eigenvalue weighted by Gasteiger charge is -2.33. The van der Waals surface area contributed by atoms with E-state index in [2.05, 4.69) is 51.7 Å². The van der Waals surface area contributed by atoms with Crippen LogP contribution < -0.4 is 10.2 Å². The van der Waals surface area contributed by atoms with Gasteiger partial charge in [-0.25, -0.2) is 0 Å². The normalized spacial score (nSPS) is 16.6. The Morgan fingerprint density at radius 1 is 1.09 bits per heavy atom. The van der Waals surface area contributed by atoms with Gasteiger partial charge in [-0.2, -0.15) is 0 Å². The molecule has 0 amide bonds. The zero-order valence-corrected chi connectivity index (χ0v) is 13.2. The Hall–Kier alpha value is -1.94. The van der Waals surface area contributed by atoms with Crippen molar-refractivity contribution in [2.45, 2.75) is 25.3 Å². The minimum Gasteiger partial charge on any atom is -0.497 e. The van der Waals surface area contributed by atoms with Crippen LogP contribution in [0, 0.1) is 0 Å². The minimum atomic E-state index is 0.588. The standard InChI is InChI=1S/C18H25N3O/c1-22-18-6-4-16(5-7-18)8-13-20-14-9-17(10-15-20)19-21-11-2-3-12-21/h2-7,11-12,17,19H,8-10,13-15H2,1H3. The van der Waals surface area contributed by atoms with Crippen molar-refractivity contribution in [3.05, 3.63) is 54.4 Å². The maximum Gasteiger partial charge on any atom is 0.118 e. The van der Waals surface area contributed by atoms with Crippen LogP contribution in [-0.2, 0) is 6.42 Å². The Labute approximate surface area is 132 Å². The number of piperidine rings is 1. The molecule has 1 aliphatic heterocycles. The van der Waals surface area contributed by atoms with Gasteiger partial charge in [-0.15, -0.1) is 0 Å². The van der Waals surface area contributed by atoms with Crippen molar-refractivity contribution < 1.29 is 4.74 Å². The lowest BCUT2D eigenvalue weighted by Crippen LogP contribution is -2.41. The van der Waals surface area contributed by atoms with E-state index in [9.17, 15) is 0 Å². The Morgan fingerprint density at radius 2 is 1.77 bits per heavy atom. The molecule has 0 atom stereocenters. The summed E-state index contributed by atoms with van der Waals surface area (Å²) in [6, 6.07) is 13.1. The molecule has 22 heavy (non-hydrogen) atoms. The van der Waals surface area contributed by atoms with Gasteiger partial charge in [0.1, 0.15) is 5.75 Å². The SMILES string of the molecule is COc1ccc(CCN2CCC(Nn3cccc3)CC2)cc1. The average molecular weight is 299 g/mol. The summed E-state index contributed by atoms with van der Waals surface area (Å²) in [7, 11) is 1.71. The van der Waals surface area contributed by atoms with Crippen LogP contribution in [0.15, 0.2) is 48.8 Å². The number of aromatic nitrogens is 1. The van der Waals surface area contributed by atoms with E-state index in [0.29, 0.717) is 6.04 Å². The second kappa shape index (κ2) is 7.36. The molecule has 4 heteroatoms. The number of benzene rings is 1. The molecule has 1 aromatic heterocycles. The molecule has 0 bridgehead atoms. The third kappa shape index (κ3) is 4.04. The second-order valence-electron chi connectivity index (χ2n) is 5.93. The van der Waals surface area contributed by atoms with Crippen molar-refractivity contribution in [3.8, 4) is 5.75 Å². The first-order chi connectivity index (χ1) is 10.8. The van der Waals surface area contributed by atoms with Crippen molar-refractivity contribution in [3.63, 3.8) is 0 Å². The Bertz CT molecular complexity index is 542. The van der Waals surface area contributed by atoms with Crippen molar-refractivity contribution in [2.24, 2.45) is 0 Å². The van der Waals surface area contributed by atoms with Gasteiger partial charge in [-0.1, -0.05) is 12.1 Å². The molecule has 1 aromatic carbocycles. The highest BCUT2D eigenvalue weighted by molar-refractivity contribution is 5.27. The summed E-state index contributed by atoms with van der Waals surface area (Å²) < 4.78 is 7.27. The first-order valence-electron chi connectivity index (χ1n) is 8.08. The van der Waals surface area contributed by atoms with E-state index in [-0.39, 0.29) is 0 Å². The van der Waals surface area contributed by atoms with E-state index < -0.39 is 0 Å². The molecule has 4 nitrogen and oxygen atoms in total. The quantitative estimate of drug-likeness (QED) is 0.889. The van der Waals surface area contributed by atoms with Crippen molar-refractivity contribution in [1.29, 1.82) is 0 Å². The van der Waals surface area contributed by atoms with Gasteiger partial charge in [0.25, 0.3) is 0 Å². The molecule has 2 aromatic rings. The zero-order valence-electron chi connectivity index (χ0n) is 13.2. The third-order valence-corrected chi connectivity index (χ3v) is 4.40. The molecule has 0 saturated carbocycles. The van der Waals surface area contributed by atoms with Gasteiger partial charge in [-0.3, -0.25) is 4.68 Å². The first kappa shape index (κ1) is 15.0. The fraction of sp³-hybridized carbons (Fsp3) is 0.444.